The van der Waals surface area contributed by atoms with Crippen LogP contribution in [0.3, 0.4) is 0 Å². The minimum atomic E-state index is -0.160. The number of hydrogen-bond donors (Lipinski definition) is 1. The maximum atomic E-state index is 11.2. The smallest absolute Gasteiger partial charge is 0.320 e. The summed E-state index contributed by atoms with van der Waals surface area (Å²) in [7, 11) is 0. The van der Waals surface area contributed by atoms with Crippen molar-refractivity contribution >= 4 is 5.97 Å². The topological polar surface area (TPSA) is 38.3 Å². The molecule has 0 radical (unpaired) electrons. The van der Waals surface area contributed by atoms with Crippen LogP contribution in [0, 0.1) is 0 Å². The fourth-order valence-corrected chi connectivity index (χ4v) is 1.36. The van der Waals surface area contributed by atoms with Gasteiger partial charge in [-0.05, 0) is 27.2 Å². The van der Waals surface area contributed by atoms with Crippen molar-refractivity contribution in [2.75, 3.05) is 6.54 Å². The van der Waals surface area contributed by atoms with E-state index in [0.29, 0.717) is 12.6 Å². The third-order valence-electron chi connectivity index (χ3n) is 2.20. The fourth-order valence-electron chi connectivity index (χ4n) is 1.36. The number of esters is 1. The highest BCUT2D eigenvalue weighted by molar-refractivity contribution is 5.71. The highest BCUT2D eigenvalue weighted by Gasteiger charge is 2.07. The quantitative estimate of drug-likeness (QED) is 0.499. The second-order valence-corrected chi connectivity index (χ2v) is 4.32. The molecule has 0 saturated heterocycles. The molecule has 0 aromatic rings. The van der Waals surface area contributed by atoms with Crippen LogP contribution >= 0.6 is 0 Å². The lowest BCUT2D eigenvalue weighted by Gasteiger charge is -2.14. The molecule has 1 unspecified atom stereocenters. The van der Waals surface area contributed by atoms with Crippen LogP contribution in [0.4, 0.5) is 0 Å². The van der Waals surface area contributed by atoms with E-state index in [1.54, 1.807) is 0 Å². The summed E-state index contributed by atoms with van der Waals surface area (Å²) in [6.45, 7) is 8.35. The summed E-state index contributed by atoms with van der Waals surface area (Å²) in [5.41, 5.74) is 0. The molecule has 0 fully saturated rings. The molecule has 0 saturated carbocycles. The molecule has 0 aliphatic heterocycles. The number of carbonyl (C=O) groups excluding carboxylic acids is 1. The molecule has 3 nitrogen and oxygen atoms in total. The van der Waals surface area contributed by atoms with Crippen LogP contribution < -0.4 is 5.32 Å². The van der Waals surface area contributed by atoms with Crippen molar-refractivity contribution in [3.63, 3.8) is 0 Å². The van der Waals surface area contributed by atoms with Crippen LogP contribution in [-0.2, 0) is 9.53 Å². The summed E-state index contributed by atoms with van der Waals surface area (Å²) in [5, 5.41) is 3.17. The average Bonchev–Trinajstić information content (AvgIpc) is 2.14. The van der Waals surface area contributed by atoms with Crippen LogP contribution in [0.5, 0.6) is 0 Å². The molecule has 0 aromatic carbocycles. The maximum Gasteiger partial charge on any atom is 0.320 e. The first kappa shape index (κ1) is 14.4. The van der Waals surface area contributed by atoms with Crippen molar-refractivity contribution in [2.45, 2.75) is 65.5 Å². The van der Waals surface area contributed by atoms with Crippen LogP contribution in [-0.4, -0.2) is 24.7 Å². The van der Waals surface area contributed by atoms with Gasteiger partial charge in [0.2, 0.25) is 0 Å². The van der Waals surface area contributed by atoms with Gasteiger partial charge in [-0.1, -0.05) is 26.2 Å². The molecule has 0 aliphatic carbocycles. The summed E-state index contributed by atoms with van der Waals surface area (Å²) in [5.74, 6) is -0.160. The van der Waals surface area contributed by atoms with Gasteiger partial charge in [0.15, 0.2) is 0 Å². The van der Waals surface area contributed by atoms with Crippen molar-refractivity contribution in [1.82, 2.24) is 5.32 Å². The Kier molecular flexibility index (Phi) is 8.38. The minimum absolute atomic E-state index is 0.0188. The van der Waals surface area contributed by atoms with E-state index in [4.69, 9.17) is 4.74 Å². The van der Waals surface area contributed by atoms with Gasteiger partial charge < -0.3 is 10.1 Å². The van der Waals surface area contributed by atoms with Crippen LogP contribution in [0.2, 0.25) is 0 Å². The van der Waals surface area contributed by atoms with E-state index in [0.717, 1.165) is 6.42 Å². The van der Waals surface area contributed by atoms with E-state index in [1.165, 1.54) is 19.3 Å². The molecule has 0 amide bonds. The molecule has 90 valence electrons. The average molecular weight is 215 g/mol. The number of rotatable bonds is 8. The van der Waals surface area contributed by atoms with Gasteiger partial charge in [-0.25, -0.2) is 0 Å². The van der Waals surface area contributed by atoms with Crippen LogP contribution in [0.25, 0.3) is 0 Å². The van der Waals surface area contributed by atoms with E-state index in [2.05, 4.69) is 19.2 Å². The van der Waals surface area contributed by atoms with E-state index in [-0.39, 0.29) is 12.1 Å². The third kappa shape index (κ3) is 9.73. The Balaban J connectivity index is 3.44. The van der Waals surface area contributed by atoms with Crippen molar-refractivity contribution in [2.24, 2.45) is 0 Å². The molecule has 0 bridgehead atoms. The summed E-state index contributed by atoms with van der Waals surface area (Å²) in [4.78, 5) is 11.2. The molecular formula is C12H25NO2. The summed E-state index contributed by atoms with van der Waals surface area (Å²) < 4.78 is 5.02. The second-order valence-electron chi connectivity index (χ2n) is 4.32. The predicted molar refractivity (Wildman–Crippen MR) is 62.8 cm³/mol. The van der Waals surface area contributed by atoms with Gasteiger partial charge in [-0.3, -0.25) is 4.79 Å². The van der Waals surface area contributed by atoms with Gasteiger partial charge in [0.25, 0.3) is 0 Å². The zero-order chi connectivity index (χ0) is 11.7. The van der Waals surface area contributed by atoms with Crippen molar-refractivity contribution in [3.8, 4) is 0 Å². The Morgan fingerprint density at radius 2 is 1.93 bits per heavy atom. The lowest BCUT2D eigenvalue weighted by Crippen LogP contribution is -2.33. The van der Waals surface area contributed by atoms with E-state index >= 15 is 0 Å². The highest BCUT2D eigenvalue weighted by atomic mass is 16.5. The van der Waals surface area contributed by atoms with E-state index in [9.17, 15) is 4.79 Å². The molecule has 3 heteroatoms. The van der Waals surface area contributed by atoms with Crippen LogP contribution in [0.15, 0.2) is 0 Å². The zero-order valence-electron chi connectivity index (χ0n) is 10.5. The molecule has 0 spiro atoms. The first-order chi connectivity index (χ1) is 7.06. The Morgan fingerprint density at radius 1 is 1.27 bits per heavy atom. The highest BCUT2D eigenvalue weighted by Crippen LogP contribution is 2.02. The second kappa shape index (κ2) is 8.72. The molecule has 0 rings (SSSR count). The molecule has 1 N–H and O–H groups in total. The monoisotopic (exact) mass is 215 g/mol. The SMILES string of the molecule is CCCCCC(C)NCC(=O)OC(C)C. The largest absolute Gasteiger partial charge is 0.462 e. The van der Waals surface area contributed by atoms with Gasteiger partial charge in [0, 0.05) is 6.04 Å². The number of ether oxygens (including phenoxy) is 1. The summed E-state index contributed by atoms with van der Waals surface area (Å²) >= 11 is 0. The Morgan fingerprint density at radius 3 is 2.47 bits per heavy atom. The number of hydrogen-bond acceptors (Lipinski definition) is 3. The van der Waals surface area contributed by atoms with Crippen molar-refractivity contribution in [1.29, 1.82) is 0 Å². The molecule has 0 heterocycles. The maximum absolute atomic E-state index is 11.2. The van der Waals surface area contributed by atoms with Gasteiger partial charge in [0.1, 0.15) is 0 Å². The Hall–Kier alpha value is -0.570. The van der Waals surface area contributed by atoms with Gasteiger partial charge >= 0.3 is 5.97 Å². The zero-order valence-corrected chi connectivity index (χ0v) is 10.5. The molecule has 0 aliphatic rings. The molecule has 1 atom stereocenters. The fraction of sp³-hybridized carbons (Fsp3) is 0.917. The summed E-state index contributed by atoms with van der Waals surface area (Å²) in [6, 6.07) is 0.399. The van der Waals surface area contributed by atoms with Gasteiger partial charge in [-0.2, -0.15) is 0 Å². The first-order valence-corrected chi connectivity index (χ1v) is 5.99. The number of unbranched alkanes of at least 4 members (excludes halogenated alkanes) is 2. The lowest BCUT2D eigenvalue weighted by atomic mass is 10.1. The molecular weight excluding hydrogens is 190 g/mol. The standard InChI is InChI=1S/C12H25NO2/c1-5-6-7-8-11(4)13-9-12(14)15-10(2)3/h10-11,13H,5-9H2,1-4H3. The third-order valence-corrected chi connectivity index (χ3v) is 2.20. The molecule has 0 aromatic heterocycles. The number of carbonyl (C=O) groups is 1. The molecule has 15 heavy (non-hydrogen) atoms. The van der Waals surface area contributed by atoms with E-state index < -0.39 is 0 Å². The van der Waals surface area contributed by atoms with Crippen molar-refractivity contribution in [3.05, 3.63) is 0 Å². The number of nitrogens with one attached hydrogen (secondary N) is 1. The van der Waals surface area contributed by atoms with Crippen molar-refractivity contribution < 1.29 is 9.53 Å². The summed E-state index contributed by atoms with van der Waals surface area (Å²) in [6.07, 6.45) is 4.84. The first-order valence-electron chi connectivity index (χ1n) is 5.99. The van der Waals surface area contributed by atoms with Gasteiger partial charge in [-0.15, -0.1) is 0 Å². The minimum Gasteiger partial charge on any atom is -0.462 e. The van der Waals surface area contributed by atoms with E-state index in [1.807, 2.05) is 13.8 Å². The van der Waals surface area contributed by atoms with Crippen LogP contribution in [0.1, 0.15) is 53.4 Å². The normalized spacial score (nSPS) is 12.9. The van der Waals surface area contributed by atoms with Gasteiger partial charge in [0.05, 0.1) is 12.6 Å². The Labute approximate surface area is 93.6 Å². The Bertz CT molecular complexity index is 169. The lowest BCUT2D eigenvalue weighted by molar-refractivity contribution is -0.146. The predicted octanol–water partition coefficient (Wildman–Crippen LogP) is 2.50.